The number of carbonyl (C=O) groups excluding carboxylic acids is 1. The van der Waals surface area contributed by atoms with Gasteiger partial charge in [0.1, 0.15) is 0 Å². The molecule has 5 nitrogen and oxygen atoms in total. The summed E-state index contributed by atoms with van der Waals surface area (Å²) in [4.78, 5) is 25.9. The fourth-order valence-corrected chi connectivity index (χ4v) is 3.30. The number of carboxylic acid groups (broad SMARTS) is 1. The molecule has 1 aliphatic heterocycles. The Balaban J connectivity index is 1.81. The van der Waals surface area contributed by atoms with E-state index < -0.39 is 11.9 Å². The van der Waals surface area contributed by atoms with Crippen LogP contribution in [0, 0.1) is 11.8 Å². The summed E-state index contributed by atoms with van der Waals surface area (Å²) in [6.07, 6.45) is 1.25. The molecule has 0 bridgehead atoms. The van der Waals surface area contributed by atoms with Crippen molar-refractivity contribution in [3.8, 4) is 0 Å². The number of morpholine rings is 1. The molecule has 1 aromatic carbocycles. The van der Waals surface area contributed by atoms with Gasteiger partial charge in [0.05, 0.1) is 30.6 Å². The molecular weight excluding hydrogens is 282 g/mol. The third-order valence-electron chi connectivity index (χ3n) is 4.74. The van der Waals surface area contributed by atoms with E-state index in [1.165, 1.54) is 0 Å². The molecule has 4 unspecified atom stereocenters. The Morgan fingerprint density at radius 1 is 1.18 bits per heavy atom. The van der Waals surface area contributed by atoms with Crippen LogP contribution in [-0.2, 0) is 14.3 Å². The van der Waals surface area contributed by atoms with Gasteiger partial charge in [-0.1, -0.05) is 30.3 Å². The predicted octanol–water partition coefficient (Wildman–Crippen LogP) is 2.09. The second-order valence-electron chi connectivity index (χ2n) is 6.19. The van der Waals surface area contributed by atoms with Crippen LogP contribution in [0.3, 0.4) is 0 Å². The average Bonchev–Trinajstić information content (AvgIpc) is 2.46. The van der Waals surface area contributed by atoms with Crippen LogP contribution in [0.4, 0.5) is 0 Å². The fourth-order valence-electron chi connectivity index (χ4n) is 3.30. The minimum Gasteiger partial charge on any atom is -0.481 e. The van der Waals surface area contributed by atoms with Crippen molar-refractivity contribution in [2.75, 3.05) is 13.2 Å². The van der Waals surface area contributed by atoms with Crippen LogP contribution in [0.15, 0.2) is 30.3 Å². The van der Waals surface area contributed by atoms with Crippen molar-refractivity contribution in [3.05, 3.63) is 35.9 Å². The molecule has 1 amide bonds. The van der Waals surface area contributed by atoms with Gasteiger partial charge in [0.25, 0.3) is 0 Å². The van der Waals surface area contributed by atoms with Crippen LogP contribution in [0.5, 0.6) is 0 Å². The molecule has 1 aliphatic carbocycles. The van der Waals surface area contributed by atoms with E-state index in [0.717, 1.165) is 5.56 Å². The summed E-state index contributed by atoms with van der Waals surface area (Å²) in [5.74, 6) is -1.80. The minimum absolute atomic E-state index is 0.0210. The lowest BCUT2D eigenvalue weighted by atomic mass is 9.72. The lowest BCUT2D eigenvalue weighted by molar-refractivity contribution is -0.163. The Morgan fingerprint density at radius 3 is 2.45 bits per heavy atom. The van der Waals surface area contributed by atoms with Crippen LogP contribution in [0.25, 0.3) is 0 Å². The molecule has 2 aliphatic rings. The molecule has 118 valence electrons. The number of ether oxygens (including phenoxy) is 1. The highest BCUT2D eigenvalue weighted by Crippen LogP contribution is 2.38. The van der Waals surface area contributed by atoms with Gasteiger partial charge in [0.15, 0.2) is 0 Å². The van der Waals surface area contributed by atoms with Crippen molar-refractivity contribution in [2.45, 2.75) is 31.9 Å². The van der Waals surface area contributed by atoms with Gasteiger partial charge in [-0.05, 0) is 25.3 Å². The summed E-state index contributed by atoms with van der Waals surface area (Å²) in [7, 11) is 0. The fraction of sp³-hybridized carbons (Fsp3) is 0.529. The number of rotatable bonds is 3. The molecule has 1 aromatic rings. The Morgan fingerprint density at radius 2 is 1.86 bits per heavy atom. The number of nitrogens with zero attached hydrogens (tertiary/aromatic N) is 1. The maximum atomic E-state index is 12.8. The third kappa shape index (κ3) is 2.73. The molecule has 1 saturated heterocycles. The smallest absolute Gasteiger partial charge is 0.307 e. The molecule has 0 radical (unpaired) electrons. The first-order valence-electron chi connectivity index (χ1n) is 7.77. The highest BCUT2D eigenvalue weighted by atomic mass is 16.5. The van der Waals surface area contributed by atoms with Crippen LogP contribution in [0.2, 0.25) is 0 Å². The lowest BCUT2D eigenvalue weighted by Crippen LogP contribution is -2.52. The van der Waals surface area contributed by atoms with Crippen LogP contribution in [-0.4, -0.2) is 41.1 Å². The highest BCUT2D eigenvalue weighted by Gasteiger charge is 2.45. The summed E-state index contributed by atoms with van der Waals surface area (Å²) in [5.41, 5.74) is 1.04. The number of benzene rings is 1. The quantitative estimate of drug-likeness (QED) is 0.928. The topological polar surface area (TPSA) is 66.8 Å². The first-order chi connectivity index (χ1) is 10.6. The van der Waals surface area contributed by atoms with Gasteiger partial charge in [0.2, 0.25) is 5.91 Å². The van der Waals surface area contributed by atoms with Gasteiger partial charge in [-0.3, -0.25) is 9.59 Å². The van der Waals surface area contributed by atoms with Gasteiger partial charge >= 0.3 is 5.97 Å². The average molecular weight is 303 g/mol. The summed E-state index contributed by atoms with van der Waals surface area (Å²) >= 11 is 0. The van der Waals surface area contributed by atoms with Crippen molar-refractivity contribution >= 4 is 11.9 Å². The maximum Gasteiger partial charge on any atom is 0.307 e. The van der Waals surface area contributed by atoms with E-state index in [1.807, 2.05) is 42.2 Å². The molecular formula is C17H21NO4. The van der Waals surface area contributed by atoms with E-state index in [1.54, 1.807) is 0 Å². The van der Waals surface area contributed by atoms with E-state index in [9.17, 15) is 14.7 Å². The standard InChI is InChI=1S/C17H21NO4/c1-11-9-18(16(19)13-7-8-14(13)17(20)21)15(10-22-11)12-5-3-2-4-6-12/h2-6,11,13-15H,7-10H2,1H3,(H,20,21). The minimum atomic E-state index is -0.859. The molecule has 4 atom stereocenters. The maximum absolute atomic E-state index is 12.8. The van der Waals surface area contributed by atoms with Gasteiger partial charge < -0.3 is 14.7 Å². The number of amides is 1. The monoisotopic (exact) mass is 303 g/mol. The van der Waals surface area contributed by atoms with Crippen molar-refractivity contribution in [1.82, 2.24) is 4.90 Å². The van der Waals surface area contributed by atoms with E-state index >= 15 is 0 Å². The van der Waals surface area contributed by atoms with E-state index in [0.29, 0.717) is 26.0 Å². The van der Waals surface area contributed by atoms with Crippen molar-refractivity contribution in [2.24, 2.45) is 11.8 Å². The first-order valence-corrected chi connectivity index (χ1v) is 7.77. The molecule has 0 spiro atoms. The molecule has 1 heterocycles. The third-order valence-corrected chi connectivity index (χ3v) is 4.74. The second kappa shape index (κ2) is 6.08. The molecule has 5 heteroatoms. The molecule has 2 fully saturated rings. The molecule has 22 heavy (non-hydrogen) atoms. The summed E-state index contributed by atoms with van der Waals surface area (Å²) < 4.78 is 5.72. The van der Waals surface area contributed by atoms with E-state index in [2.05, 4.69) is 0 Å². The van der Waals surface area contributed by atoms with E-state index in [4.69, 9.17) is 4.74 Å². The van der Waals surface area contributed by atoms with Crippen molar-refractivity contribution < 1.29 is 19.4 Å². The Bertz CT molecular complexity index is 559. The van der Waals surface area contributed by atoms with Crippen LogP contribution < -0.4 is 0 Å². The molecule has 3 rings (SSSR count). The number of hydrogen-bond donors (Lipinski definition) is 1. The Hall–Kier alpha value is -1.88. The predicted molar refractivity (Wildman–Crippen MR) is 80.2 cm³/mol. The summed E-state index contributed by atoms with van der Waals surface area (Å²) in [5, 5.41) is 9.19. The van der Waals surface area contributed by atoms with Crippen LogP contribution in [0.1, 0.15) is 31.4 Å². The van der Waals surface area contributed by atoms with Gasteiger partial charge in [-0.25, -0.2) is 0 Å². The normalized spacial score (nSPS) is 31.4. The van der Waals surface area contributed by atoms with Crippen molar-refractivity contribution in [1.29, 1.82) is 0 Å². The van der Waals surface area contributed by atoms with Crippen LogP contribution >= 0.6 is 0 Å². The Labute approximate surface area is 129 Å². The van der Waals surface area contributed by atoms with Gasteiger partial charge in [0, 0.05) is 6.54 Å². The molecule has 0 aromatic heterocycles. The zero-order valence-corrected chi connectivity index (χ0v) is 12.6. The lowest BCUT2D eigenvalue weighted by Gasteiger charge is -2.43. The van der Waals surface area contributed by atoms with Gasteiger partial charge in [-0.15, -0.1) is 0 Å². The summed E-state index contributed by atoms with van der Waals surface area (Å²) in [6.45, 7) is 2.92. The van der Waals surface area contributed by atoms with Crippen molar-refractivity contribution in [3.63, 3.8) is 0 Å². The first kappa shape index (κ1) is 15.0. The van der Waals surface area contributed by atoms with E-state index in [-0.39, 0.29) is 24.0 Å². The largest absolute Gasteiger partial charge is 0.481 e. The SMILES string of the molecule is CC1CN(C(=O)C2CCC2C(=O)O)C(c2ccccc2)CO1. The zero-order valence-electron chi connectivity index (χ0n) is 12.6. The number of aliphatic carboxylic acids is 1. The number of carboxylic acids is 1. The number of carbonyl (C=O) groups is 2. The second-order valence-corrected chi connectivity index (χ2v) is 6.19. The zero-order chi connectivity index (χ0) is 15.7. The molecule has 1 saturated carbocycles. The molecule has 1 N–H and O–H groups in total. The Kier molecular flexibility index (Phi) is 4.16. The summed E-state index contributed by atoms with van der Waals surface area (Å²) in [6, 6.07) is 9.67. The van der Waals surface area contributed by atoms with Gasteiger partial charge in [-0.2, -0.15) is 0 Å². The number of hydrogen-bond acceptors (Lipinski definition) is 3. The highest BCUT2D eigenvalue weighted by molar-refractivity contribution is 5.86.